The third-order valence-corrected chi connectivity index (χ3v) is 5.03. The van der Waals surface area contributed by atoms with E-state index in [1.54, 1.807) is 12.1 Å². The van der Waals surface area contributed by atoms with Crippen LogP contribution >= 0.6 is 0 Å². The predicted octanol–water partition coefficient (Wildman–Crippen LogP) is 1.89. The van der Waals surface area contributed by atoms with E-state index >= 15 is 0 Å². The molecule has 1 fully saturated rings. The number of rotatable bonds is 2. The first-order valence-electron chi connectivity index (χ1n) is 7.14. The van der Waals surface area contributed by atoms with Crippen molar-refractivity contribution in [3.8, 4) is 0 Å². The van der Waals surface area contributed by atoms with E-state index in [9.17, 15) is 13.2 Å². The van der Waals surface area contributed by atoms with Crippen LogP contribution in [0, 0.1) is 6.92 Å². The summed E-state index contributed by atoms with van der Waals surface area (Å²) in [6.45, 7) is 8.12. The first kappa shape index (κ1) is 16.8. The highest BCUT2D eigenvalue weighted by atomic mass is 32.2. The molecule has 1 aromatic rings. The van der Waals surface area contributed by atoms with Crippen molar-refractivity contribution in [3.63, 3.8) is 0 Å². The van der Waals surface area contributed by atoms with Crippen LogP contribution in [0.2, 0.25) is 0 Å². The van der Waals surface area contributed by atoms with Crippen molar-refractivity contribution < 1.29 is 17.9 Å². The Balaban J connectivity index is 2.18. The van der Waals surface area contributed by atoms with Gasteiger partial charge >= 0.3 is 6.03 Å². The van der Waals surface area contributed by atoms with Gasteiger partial charge in [-0.2, -0.15) is 0 Å². The van der Waals surface area contributed by atoms with E-state index in [1.807, 2.05) is 27.7 Å². The number of ether oxygens (including phenoxy) is 1. The molecular formula is C15H22N2O4S. The minimum atomic E-state index is -3.88. The van der Waals surface area contributed by atoms with Gasteiger partial charge in [-0.3, -0.25) is 0 Å². The summed E-state index contributed by atoms with van der Waals surface area (Å²) in [7, 11) is -3.88. The van der Waals surface area contributed by atoms with Gasteiger partial charge in [-0.05, 0) is 39.8 Å². The zero-order valence-corrected chi connectivity index (χ0v) is 14.1. The summed E-state index contributed by atoms with van der Waals surface area (Å²) >= 11 is 0. The highest BCUT2D eigenvalue weighted by Crippen LogP contribution is 2.22. The summed E-state index contributed by atoms with van der Waals surface area (Å²) in [4.78, 5) is 14.0. The Bertz CT molecular complexity index is 653. The molecule has 1 N–H and O–H groups in total. The standard InChI is InChI=1S/C15H22N2O4S/c1-11-5-7-13(8-6-11)22(19,20)16-14(18)17-9-12(2)21-10-15(17,3)4/h5-8,12H,9-10H2,1-4H3,(H,16,18). The van der Waals surface area contributed by atoms with E-state index in [0.29, 0.717) is 13.2 Å². The van der Waals surface area contributed by atoms with Crippen molar-refractivity contribution in [1.82, 2.24) is 9.62 Å². The molecular weight excluding hydrogens is 304 g/mol. The van der Waals surface area contributed by atoms with Crippen LogP contribution in [0.1, 0.15) is 26.3 Å². The second-order valence-electron chi connectivity index (χ2n) is 6.27. The lowest BCUT2D eigenvalue weighted by atomic mass is 10.0. The fraction of sp³-hybridized carbons (Fsp3) is 0.533. The molecule has 1 aliphatic rings. The van der Waals surface area contributed by atoms with Crippen molar-refractivity contribution in [3.05, 3.63) is 29.8 Å². The summed E-state index contributed by atoms with van der Waals surface area (Å²) in [6, 6.07) is 5.73. The summed E-state index contributed by atoms with van der Waals surface area (Å²) in [6.07, 6.45) is -0.124. The molecule has 0 spiro atoms. The monoisotopic (exact) mass is 326 g/mol. The van der Waals surface area contributed by atoms with Gasteiger partial charge in [0.1, 0.15) is 0 Å². The number of carbonyl (C=O) groups excluding carboxylic acids is 1. The van der Waals surface area contributed by atoms with Crippen molar-refractivity contribution in [2.45, 2.75) is 44.2 Å². The molecule has 1 aromatic carbocycles. The van der Waals surface area contributed by atoms with E-state index in [2.05, 4.69) is 4.72 Å². The minimum Gasteiger partial charge on any atom is -0.374 e. The van der Waals surface area contributed by atoms with Gasteiger partial charge in [0.05, 0.1) is 23.1 Å². The van der Waals surface area contributed by atoms with Gasteiger partial charge in [0, 0.05) is 6.54 Å². The van der Waals surface area contributed by atoms with Crippen LogP contribution in [0.5, 0.6) is 0 Å². The first-order valence-corrected chi connectivity index (χ1v) is 8.63. The van der Waals surface area contributed by atoms with Gasteiger partial charge in [-0.25, -0.2) is 17.9 Å². The fourth-order valence-corrected chi connectivity index (χ4v) is 3.24. The average Bonchev–Trinajstić information content (AvgIpc) is 2.41. The largest absolute Gasteiger partial charge is 0.374 e. The summed E-state index contributed by atoms with van der Waals surface area (Å²) in [5.74, 6) is 0. The van der Waals surface area contributed by atoms with Gasteiger partial charge in [0.2, 0.25) is 0 Å². The van der Waals surface area contributed by atoms with Crippen LogP contribution in [-0.4, -0.2) is 44.1 Å². The highest BCUT2D eigenvalue weighted by molar-refractivity contribution is 7.90. The van der Waals surface area contributed by atoms with Crippen LogP contribution in [0.25, 0.3) is 0 Å². The summed E-state index contributed by atoms with van der Waals surface area (Å²) < 4.78 is 32.3. The molecule has 1 aliphatic heterocycles. The Hall–Kier alpha value is -1.60. The van der Waals surface area contributed by atoms with Crippen LogP contribution in [0.15, 0.2) is 29.2 Å². The molecule has 22 heavy (non-hydrogen) atoms. The van der Waals surface area contributed by atoms with Crippen molar-refractivity contribution in [2.75, 3.05) is 13.2 Å². The lowest BCUT2D eigenvalue weighted by molar-refractivity contribution is -0.0698. The van der Waals surface area contributed by atoms with E-state index in [1.165, 1.54) is 17.0 Å². The number of urea groups is 1. The number of sulfonamides is 1. The Morgan fingerprint density at radius 1 is 1.32 bits per heavy atom. The van der Waals surface area contributed by atoms with E-state index in [0.717, 1.165) is 5.56 Å². The maximum atomic E-state index is 12.4. The van der Waals surface area contributed by atoms with E-state index in [-0.39, 0.29) is 11.0 Å². The maximum Gasteiger partial charge on any atom is 0.331 e. The van der Waals surface area contributed by atoms with Gasteiger partial charge in [-0.15, -0.1) is 0 Å². The molecule has 1 heterocycles. The molecule has 2 amide bonds. The number of hydrogen-bond acceptors (Lipinski definition) is 4. The van der Waals surface area contributed by atoms with Gasteiger partial charge in [-0.1, -0.05) is 17.7 Å². The summed E-state index contributed by atoms with van der Waals surface area (Å²) in [5.41, 5.74) is 0.396. The Kier molecular flexibility index (Phi) is 4.49. The average molecular weight is 326 g/mol. The molecule has 6 nitrogen and oxygen atoms in total. The van der Waals surface area contributed by atoms with Crippen LogP contribution < -0.4 is 4.72 Å². The van der Waals surface area contributed by atoms with Gasteiger partial charge < -0.3 is 9.64 Å². The SMILES string of the molecule is Cc1ccc(S(=O)(=O)NC(=O)N2CC(C)OCC2(C)C)cc1. The Morgan fingerprint density at radius 2 is 1.91 bits per heavy atom. The molecule has 0 saturated carbocycles. The van der Waals surface area contributed by atoms with Crippen molar-refractivity contribution >= 4 is 16.1 Å². The number of nitrogens with one attached hydrogen (secondary N) is 1. The molecule has 2 rings (SSSR count). The van der Waals surface area contributed by atoms with E-state index in [4.69, 9.17) is 4.74 Å². The smallest absolute Gasteiger partial charge is 0.331 e. The molecule has 0 bridgehead atoms. The zero-order valence-electron chi connectivity index (χ0n) is 13.3. The Morgan fingerprint density at radius 3 is 2.50 bits per heavy atom. The lowest BCUT2D eigenvalue weighted by Crippen LogP contribution is -2.60. The molecule has 7 heteroatoms. The molecule has 1 saturated heterocycles. The van der Waals surface area contributed by atoms with Crippen LogP contribution in [0.4, 0.5) is 4.79 Å². The van der Waals surface area contributed by atoms with Crippen LogP contribution in [0.3, 0.4) is 0 Å². The molecule has 0 aliphatic carbocycles. The van der Waals surface area contributed by atoms with E-state index < -0.39 is 21.6 Å². The Labute approximate surface area is 131 Å². The normalized spacial score (nSPS) is 21.5. The highest BCUT2D eigenvalue weighted by Gasteiger charge is 2.38. The number of amides is 2. The number of hydrogen-bond donors (Lipinski definition) is 1. The minimum absolute atomic E-state index is 0.0746. The third kappa shape index (κ3) is 3.59. The number of morpholine rings is 1. The fourth-order valence-electron chi connectivity index (χ4n) is 2.29. The maximum absolute atomic E-state index is 12.4. The zero-order chi connectivity index (χ0) is 16.5. The number of nitrogens with zero attached hydrogens (tertiary/aromatic N) is 1. The molecule has 122 valence electrons. The molecule has 0 aromatic heterocycles. The summed E-state index contributed by atoms with van der Waals surface area (Å²) in [5, 5.41) is 0. The third-order valence-electron chi connectivity index (χ3n) is 3.69. The number of benzene rings is 1. The topological polar surface area (TPSA) is 75.7 Å². The predicted molar refractivity (Wildman–Crippen MR) is 83.1 cm³/mol. The molecule has 0 radical (unpaired) electrons. The first-order chi connectivity index (χ1) is 10.1. The second-order valence-corrected chi connectivity index (χ2v) is 7.95. The van der Waals surface area contributed by atoms with Crippen molar-refractivity contribution in [2.24, 2.45) is 0 Å². The number of carbonyl (C=O) groups is 1. The molecule has 1 unspecified atom stereocenters. The van der Waals surface area contributed by atoms with Gasteiger partial charge in [0.25, 0.3) is 10.0 Å². The second kappa shape index (κ2) is 5.89. The van der Waals surface area contributed by atoms with Crippen molar-refractivity contribution in [1.29, 1.82) is 0 Å². The van der Waals surface area contributed by atoms with Gasteiger partial charge in [0.15, 0.2) is 0 Å². The van der Waals surface area contributed by atoms with Crippen LogP contribution in [-0.2, 0) is 14.8 Å². The lowest BCUT2D eigenvalue weighted by Gasteiger charge is -2.44. The molecule has 1 atom stereocenters. The quantitative estimate of drug-likeness (QED) is 0.900. The number of aryl methyl sites for hydroxylation is 1.